The minimum Gasteiger partial charge on any atom is -0.465 e. The van der Waals surface area contributed by atoms with Crippen LogP contribution in [-0.4, -0.2) is 23.0 Å². The molecule has 0 fully saturated rings. The molecule has 0 aliphatic heterocycles. The molecule has 3 rings (SSSR count). The van der Waals surface area contributed by atoms with Crippen LogP contribution < -0.4 is 5.32 Å². The van der Waals surface area contributed by atoms with Crippen molar-refractivity contribution >= 4 is 40.8 Å². The van der Waals surface area contributed by atoms with Crippen molar-refractivity contribution in [3.63, 3.8) is 0 Å². The van der Waals surface area contributed by atoms with Crippen molar-refractivity contribution in [1.82, 2.24) is 9.97 Å². The number of methoxy groups -OCH3 is 1. The van der Waals surface area contributed by atoms with Gasteiger partial charge in [0.15, 0.2) is 5.65 Å². The number of fused-ring (bicyclic) bond motifs is 1. The smallest absolute Gasteiger partial charge is 0.341 e. The van der Waals surface area contributed by atoms with E-state index in [1.54, 1.807) is 12.1 Å². The topological polar surface area (TPSA) is 64.1 Å². The summed E-state index contributed by atoms with van der Waals surface area (Å²) in [6, 6.07) is 6.60. The third-order valence-corrected chi connectivity index (χ3v) is 3.47. The van der Waals surface area contributed by atoms with Crippen LogP contribution in [0, 0.1) is 18.6 Å². The summed E-state index contributed by atoms with van der Waals surface area (Å²) in [6.07, 6.45) is 1.31. The third kappa shape index (κ3) is 3.66. The Morgan fingerprint density at radius 2 is 1.96 bits per heavy atom. The monoisotopic (exact) mass is 365 g/mol. The minimum atomic E-state index is -0.782. The molecule has 0 amide bonds. The summed E-state index contributed by atoms with van der Waals surface area (Å²) in [4.78, 5) is 20.4. The number of rotatable bonds is 3. The highest BCUT2D eigenvalue weighted by molar-refractivity contribution is 6.05. The van der Waals surface area contributed by atoms with Crippen molar-refractivity contribution in [2.75, 3.05) is 12.4 Å². The van der Waals surface area contributed by atoms with Crippen LogP contribution in [0.3, 0.4) is 0 Å². The molecule has 0 bridgehead atoms. The highest BCUT2D eigenvalue weighted by Crippen LogP contribution is 2.30. The summed E-state index contributed by atoms with van der Waals surface area (Å²) in [6.45, 7) is 1.81. The van der Waals surface area contributed by atoms with Gasteiger partial charge < -0.3 is 10.1 Å². The van der Waals surface area contributed by atoms with E-state index in [4.69, 9.17) is 4.74 Å². The number of nitrogens with zero attached hydrogens (tertiary/aromatic N) is 2. The van der Waals surface area contributed by atoms with Gasteiger partial charge in [-0.2, -0.15) is 0 Å². The first-order chi connectivity index (χ1) is 11.5. The van der Waals surface area contributed by atoms with E-state index in [1.165, 1.54) is 19.4 Å². The Bertz CT molecular complexity index is 951. The maximum Gasteiger partial charge on any atom is 0.341 e. The zero-order valence-corrected chi connectivity index (χ0v) is 14.2. The Kier molecular flexibility index (Phi) is 5.48. The zero-order valence-electron chi connectivity index (χ0n) is 13.3. The number of pyridine rings is 2. The van der Waals surface area contributed by atoms with Crippen LogP contribution in [0.1, 0.15) is 16.1 Å². The molecule has 2 aromatic heterocycles. The summed E-state index contributed by atoms with van der Waals surface area (Å²) in [5.41, 5.74) is 1.59. The number of aromatic nitrogens is 2. The second-order valence-electron chi connectivity index (χ2n) is 5.11. The number of anilines is 2. The van der Waals surface area contributed by atoms with Crippen LogP contribution in [0.15, 0.2) is 36.5 Å². The summed E-state index contributed by atoms with van der Waals surface area (Å²) in [5, 5.41) is 3.34. The van der Waals surface area contributed by atoms with Crippen molar-refractivity contribution < 1.29 is 18.3 Å². The molecule has 0 spiro atoms. The minimum absolute atomic E-state index is 0. The lowest BCUT2D eigenvalue weighted by atomic mass is 10.1. The fraction of sp³-hybridized carbons (Fsp3) is 0.118. The summed E-state index contributed by atoms with van der Waals surface area (Å²) < 4.78 is 31.8. The van der Waals surface area contributed by atoms with E-state index in [9.17, 15) is 13.6 Å². The first kappa shape index (κ1) is 18.5. The van der Waals surface area contributed by atoms with Crippen LogP contribution in [-0.2, 0) is 4.74 Å². The SMILES string of the molecule is COC(=O)c1cnc2nc(C)ccc2c1Nc1ccc(F)cc1F.Cl. The Balaban J connectivity index is 0.00000225. The number of halogens is 3. The predicted molar refractivity (Wildman–Crippen MR) is 92.5 cm³/mol. The van der Waals surface area contributed by atoms with E-state index in [0.717, 1.165) is 17.8 Å². The van der Waals surface area contributed by atoms with E-state index in [2.05, 4.69) is 15.3 Å². The molecule has 0 aliphatic carbocycles. The first-order valence-electron chi connectivity index (χ1n) is 7.06. The van der Waals surface area contributed by atoms with Crippen LogP contribution in [0.5, 0.6) is 0 Å². The van der Waals surface area contributed by atoms with Crippen LogP contribution in [0.25, 0.3) is 11.0 Å². The van der Waals surface area contributed by atoms with Gasteiger partial charge in [0, 0.05) is 23.3 Å². The number of carbonyl (C=O) groups is 1. The van der Waals surface area contributed by atoms with E-state index in [1.807, 2.05) is 6.92 Å². The number of benzene rings is 1. The van der Waals surface area contributed by atoms with Crippen molar-refractivity contribution in [2.45, 2.75) is 6.92 Å². The standard InChI is InChI=1S/C17H13F2N3O2.ClH/c1-9-3-5-11-15(22-14-6-4-10(18)7-13(14)19)12(17(23)24-2)8-20-16(11)21-9;/h3-8H,1-2H3,(H,20,21,22);1H. The van der Waals surface area contributed by atoms with Crippen molar-refractivity contribution in [2.24, 2.45) is 0 Å². The van der Waals surface area contributed by atoms with Crippen LogP contribution in [0.2, 0.25) is 0 Å². The lowest BCUT2D eigenvalue weighted by Gasteiger charge is -2.14. The predicted octanol–water partition coefficient (Wildman–Crippen LogP) is 4.17. The van der Waals surface area contributed by atoms with Crippen LogP contribution >= 0.6 is 12.4 Å². The normalized spacial score (nSPS) is 10.2. The average molecular weight is 366 g/mol. The van der Waals surface area contributed by atoms with Crippen molar-refractivity contribution in [3.05, 3.63) is 59.4 Å². The molecule has 25 heavy (non-hydrogen) atoms. The van der Waals surface area contributed by atoms with E-state index < -0.39 is 17.6 Å². The maximum absolute atomic E-state index is 14.0. The molecule has 0 radical (unpaired) electrons. The van der Waals surface area contributed by atoms with E-state index >= 15 is 0 Å². The largest absolute Gasteiger partial charge is 0.465 e. The van der Waals surface area contributed by atoms with Gasteiger partial charge in [0.25, 0.3) is 0 Å². The number of carbonyl (C=O) groups excluding carboxylic acids is 1. The van der Waals surface area contributed by atoms with Crippen molar-refractivity contribution in [1.29, 1.82) is 0 Å². The van der Waals surface area contributed by atoms with Gasteiger partial charge >= 0.3 is 5.97 Å². The van der Waals surface area contributed by atoms with Gasteiger partial charge in [-0.3, -0.25) is 0 Å². The second kappa shape index (κ2) is 7.40. The molecular formula is C17H14ClF2N3O2. The zero-order chi connectivity index (χ0) is 17.3. The lowest BCUT2D eigenvalue weighted by molar-refractivity contribution is 0.0601. The quantitative estimate of drug-likeness (QED) is 0.706. The van der Waals surface area contributed by atoms with Gasteiger partial charge in [-0.05, 0) is 31.2 Å². The molecule has 0 saturated heterocycles. The molecule has 2 heterocycles. The molecule has 5 nitrogen and oxygen atoms in total. The Morgan fingerprint density at radius 3 is 2.64 bits per heavy atom. The Morgan fingerprint density at radius 1 is 1.20 bits per heavy atom. The van der Waals surface area contributed by atoms with Gasteiger partial charge in [-0.1, -0.05) is 0 Å². The summed E-state index contributed by atoms with van der Waals surface area (Å²) in [5.74, 6) is -2.10. The number of nitrogens with one attached hydrogen (secondary N) is 1. The molecule has 8 heteroatoms. The lowest BCUT2D eigenvalue weighted by Crippen LogP contribution is -2.08. The van der Waals surface area contributed by atoms with Gasteiger partial charge in [0.2, 0.25) is 0 Å². The van der Waals surface area contributed by atoms with Gasteiger partial charge in [0.05, 0.1) is 18.5 Å². The highest BCUT2D eigenvalue weighted by Gasteiger charge is 2.18. The van der Waals surface area contributed by atoms with Gasteiger partial charge in [-0.25, -0.2) is 23.5 Å². The molecular weight excluding hydrogens is 352 g/mol. The Labute approximate surface area is 148 Å². The fourth-order valence-electron chi connectivity index (χ4n) is 2.30. The molecule has 130 valence electrons. The number of ether oxygens (including phenoxy) is 1. The third-order valence-electron chi connectivity index (χ3n) is 3.47. The summed E-state index contributed by atoms with van der Waals surface area (Å²) in [7, 11) is 1.24. The second-order valence-corrected chi connectivity index (χ2v) is 5.11. The molecule has 3 aromatic rings. The molecule has 1 aromatic carbocycles. The van der Waals surface area contributed by atoms with Gasteiger partial charge in [-0.15, -0.1) is 12.4 Å². The molecule has 0 saturated carbocycles. The average Bonchev–Trinajstić information content (AvgIpc) is 2.56. The highest BCUT2D eigenvalue weighted by atomic mass is 35.5. The fourth-order valence-corrected chi connectivity index (χ4v) is 2.30. The summed E-state index contributed by atoms with van der Waals surface area (Å²) >= 11 is 0. The number of aryl methyl sites for hydroxylation is 1. The number of hydrogen-bond acceptors (Lipinski definition) is 5. The van der Waals surface area contributed by atoms with Gasteiger partial charge in [0.1, 0.15) is 17.2 Å². The van der Waals surface area contributed by atoms with E-state index in [0.29, 0.717) is 16.7 Å². The van der Waals surface area contributed by atoms with Crippen LogP contribution in [0.4, 0.5) is 20.2 Å². The first-order valence-corrected chi connectivity index (χ1v) is 7.06. The van der Waals surface area contributed by atoms with E-state index in [-0.39, 0.29) is 23.7 Å². The molecule has 0 aliphatic rings. The number of hydrogen-bond donors (Lipinski definition) is 1. The Hall–Kier alpha value is -2.80. The maximum atomic E-state index is 14.0. The molecule has 1 N–H and O–H groups in total. The van der Waals surface area contributed by atoms with Crippen molar-refractivity contribution in [3.8, 4) is 0 Å². The molecule has 0 atom stereocenters. The number of esters is 1. The molecule has 0 unspecified atom stereocenters.